The lowest BCUT2D eigenvalue weighted by Gasteiger charge is -2.26. The van der Waals surface area contributed by atoms with Gasteiger partial charge in [-0.05, 0) is 18.2 Å². The quantitative estimate of drug-likeness (QED) is 0.581. The first-order chi connectivity index (χ1) is 9.99. The van der Waals surface area contributed by atoms with Gasteiger partial charge in [0.25, 0.3) is 0 Å². The summed E-state index contributed by atoms with van der Waals surface area (Å²) in [6, 6.07) is 5.32. The first-order valence-electron chi connectivity index (χ1n) is 6.39. The fourth-order valence-corrected chi connectivity index (χ4v) is 2.20. The lowest BCUT2D eigenvalue weighted by molar-refractivity contribution is -0.140. The van der Waals surface area contributed by atoms with Crippen molar-refractivity contribution in [3.63, 3.8) is 0 Å². The summed E-state index contributed by atoms with van der Waals surface area (Å²) in [6.45, 7) is 1.60. The highest BCUT2D eigenvalue weighted by Gasteiger charge is 2.15. The van der Waals surface area contributed by atoms with Crippen molar-refractivity contribution in [1.82, 2.24) is 0 Å². The molecule has 0 heterocycles. The lowest BCUT2D eigenvalue weighted by Crippen LogP contribution is -2.31. The van der Waals surface area contributed by atoms with Crippen LogP contribution < -0.4 is 10.6 Å². The van der Waals surface area contributed by atoms with Gasteiger partial charge in [0.1, 0.15) is 4.99 Å². The maximum atomic E-state index is 11.3. The minimum atomic E-state index is -0.275. The summed E-state index contributed by atoms with van der Waals surface area (Å²) in [5, 5.41) is 0.557. The van der Waals surface area contributed by atoms with E-state index in [4.69, 9.17) is 34.3 Å². The Labute approximate surface area is 135 Å². The van der Waals surface area contributed by atoms with Gasteiger partial charge in [-0.2, -0.15) is 0 Å². The molecule has 0 saturated heterocycles. The van der Waals surface area contributed by atoms with Crippen LogP contribution in [0.25, 0.3) is 0 Å². The third-order valence-corrected chi connectivity index (χ3v) is 3.40. The molecule has 0 spiro atoms. The number of anilines is 1. The van der Waals surface area contributed by atoms with Crippen LogP contribution in [-0.2, 0) is 14.3 Å². The number of ether oxygens (including phenoxy) is 2. The molecule has 7 heteroatoms. The molecule has 0 aromatic heterocycles. The molecule has 0 radical (unpaired) electrons. The number of thiocarbonyl (C=S) groups is 1. The minimum absolute atomic E-state index is 0.257. The molecule has 1 rings (SSSR count). The van der Waals surface area contributed by atoms with Gasteiger partial charge in [-0.3, -0.25) is 4.79 Å². The van der Waals surface area contributed by atoms with Gasteiger partial charge in [0, 0.05) is 36.5 Å². The number of benzene rings is 1. The molecule has 0 saturated carbocycles. The topological polar surface area (TPSA) is 64.8 Å². The van der Waals surface area contributed by atoms with Crippen LogP contribution in [0.5, 0.6) is 0 Å². The second-order valence-electron chi connectivity index (χ2n) is 4.33. The number of methoxy groups -OCH3 is 2. The van der Waals surface area contributed by atoms with Gasteiger partial charge in [-0.25, -0.2) is 0 Å². The third-order valence-electron chi connectivity index (χ3n) is 2.94. The van der Waals surface area contributed by atoms with E-state index in [0.29, 0.717) is 30.3 Å². The molecule has 1 aromatic rings. The largest absolute Gasteiger partial charge is 0.469 e. The van der Waals surface area contributed by atoms with E-state index in [1.54, 1.807) is 19.2 Å². The van der Waals surface area contributed by atoms with Crippen LogP contribution in [0.15, 0.2) is 18.2 Å². The summed E-state index contributed by atoms with van der Waals surface area (Å²) in [5.74, 6) is -0.275. The van der Waals surface area contributed by atoms with Crippen LogP contribution in [0.2, 0.25) is 5.02 Å². The van der Waals surface area contributed by atoms with E-state index in [-0.39, 0.29) is 17.4 Å². The highest BCUT2D eigenvalue weighted by atomic mass is 35.5. The predicted octanol–water partition coefficient (Wildman–Crippen LogP) is 1.99. The zero-order valence-corrected chi connectivity index (χ0v) is 13.7. The molecule has 0 fully saturated rings. The van der Waals surface area contributed by atoms with E-state index in [1.807, 2.05) is 11.0 Å². The van der Waals surface area contributed by atoms with Crippen molar-refractivity contribution in [3.8, 4) is 0 Å². The number of hydrogen-bond acceptors (Lipinski definition) is 5. The summed E-state index contributed by atoms with van der Waals surface area (Å²) < 4.78 is 9.77. The number of halogens is 1. The van der Waals surface area contributed by atoms with Crippen molar-refractivity contribution in [3.05, 3.63) is 28.8 Å². The zero-order valence-electron chi connectivity index (χ0n) is 12.1. The summed E-state index contributed by atoms with van der Waals surface area (Å²) >= 11 is 11.1. The molecule has 5 nitrogen and oxygen atoms in total. The highest BCUT2D eigenvalue weighted by molar-refractivity contribution is 7.80. The van der Waals surface area contributed by atoms with Crippen LogP contribution in [-0.4, -0.2) is 44.9 Å². The van der Waals surface area contributed by atoms with Crippen LogP contribution in [0.3, 0.4) is 0 Å². The molecule has 0 unspecified atom stereocenters. The van der Waals surface area contributed by atoms with Crippen molar-refractivity contribution in [2.24, 2.45) is 5.73 Å². The molecule has 116 valence electrons. The minimum Gasteiger partial charge on any atom is -0.469 e. The Kier molecular flexibility index (Phi) is 7.42. The zero-order chi connectivity index (χ0) is 15.8. The molecule has 0 bridgehead atoms. The average molecular weight is 331 g/mol. The van der Waals surface area contributed by atoms with Gasteiger partial charge < -0.3 is 20.1 Å². The molecule has 0 aliphatic heterocycles. The third kappa shape index (κ3) is 5.49. The standard InChI is InChI=1S/C14H19ClN2O3S/c1-19-8-7-17(6-5-13(18)20-2)12-4-3-10(15)9-11(12)14(16)21/h3-4,9H,5-8H2,1-2H3,(H2,16,21). The fourth-order valence-electron chi connectivity index (χ4n) is 1.86. The van der Waals surface area contributed by atoms with Crippen molar-refractivity contribution < 1.29 is 14.3 Å². The summed E-state index contributed by atoms with van der Waals surface area (Å²) in [5.41, 5.74) is 7.26. The molecule has 1 aromatic carbocycles. The number of nitrogens with two attached hydrogens (primary N) is 1. The van der Waals surface area contributed by atoms with Gasteiger partial charge in [0.15, 0.2) is 0 Å². The van der Waals surface area contributed by atoms with Crippen molar-refractivity contribution in [2.45, 2.75) is 6.42 Å². The Balaban J connectivity index is 3.01. The Hall–Kier alpha value is -1.37. The normalized spacial score (nSPS) is 10.2. The van der Waals surface area contributed by atoms with Crippen molar-refractivity contribution >= 4 is 40.5 Å². The first kappa shape index (κ1) is 17.7. The monoisotopic (exact) mass is 330 g/mol. The van der Waals surface area contributed by atoms with Crippen LogP contribution >= 0.6 is 23.8 Å². The van der Waals surface area contributed by atoms with Crippen molar-refractivity contribution in [1.29, 1.82) is 0 Å². The van der Waals surface area contributed by atoms with E-state index in [1.165, 1.54) is 7.11 Å². The molecular formula is C14H19ClN2O3S. The van der Waals surface area contributed by atoms with Crippen LogP contribution in [0.4, 0.5) is 5.69 Å². The second-order valence-corrected chi connectivity index (χ2v) is 5.21. The van der Waals surface area contributed by atoms with Crippen molar-refractivity contribution in [2.75, 3.05) is 38.8 Å². The van der Waals surface area contributed by atoms with E-state index in [9.17, 15) is 4.79 Å². The van der Waals surface area contributed by atoms with Gasteiger partial charge in [-0.15, -0.1) is 0 Å². The molecule has 0 aliphatic rings. The maximum Gasteiger partial charge on any atom is 0.307 e. The number of carbonyl (C=O) groups excluding carboxylic acids is 1. The van der Waals surface area contributed by atoms with Crippen LogP contribution in [0.1, 0.15) is 12.0 Å². The van der Waals surface area contributed by atoms with Gasteiger partial charge >= 0.3 is 5.97 Å². The number of nitrogens with zero attached hydrogens (tertiary/aromatic N) is 1. The molecule has 2 N–H and O–H groups in total. The molecular weight excluding hydrogens is 312 g/mol. The number of rotatable bonds is 8. The molecule has 0 amide bonds. The summed E-state index contributed by atoms with van der Waals surface area (Å²) in [6.07, 6.45) is 0.264. The van der Waals surface area contributed by atoms with Crippen LogP contribution in [0, 0.1) is 0 Å². The Morgan fingerprint density at radius 2 is 2.10 bits per heavy atom. The predicted molar refractivity (Wildman–Crippen MR) is 88.1 cm³/mol. The van der Waals surface area contributed by atoms with Gasteiger partial charge in [0.2, 0.25) is 0 Å². The Morgan fingerprint density at radius 1 is 1.38 bits per heavy atom. The van der Waals surface area contributed by atoms with E-state index < -0.39 is 0 Å². The number of hydrogen-bond donors (Lipinski definition) is 1. The molecule has 0 atom stereocenters. The lowest BCUT2D eigenvalue weighted by atomic mass is 10.1. The summed E-state index contributed by atoms with van der Waals surface area (Å²) in [7, 11) is 2.99. The Morgan fingerprint density at radius 3 is 2.67 bits per heavy atom. The van der Waals surface area contributed by atoms with E-state index in [2.05, 4.69) is 4.74 Å². The van der Waals surface area contributed by atoms with Gasteiger partial charge in [0.05, 0.1) is 20.1 Å². The average Bonchev–Trinajstić information content (AvgIpc) is 2.47. The molecule has 0 aliphatic carbocycles. The second kappa shape index (κ2) is 8.81. The summed E-state index contributed by atoms with van der Waals surface area (Å²) in [4.78, 5) is 13.6. The van der Waals surface area contributed by atoms with E-state index >= 15 is 0 Å². The Bertz CT molecular complexity index is 511. The number of esters is 1. The SMILES string of the molecule is COCCN(CCC(=O)OC)c1ccc(Cl)cc1C(N)=S. The number of carbonyl (C=O) groups is 1. The van der Waals surface area contributed by atoms with Gasteiger partial charge in [-0.1, -0.05) is 23.8 Å². The highest BCUT2D eigenvalue weighted by Crippen LogP contribution is 2.24. The molecule has 21 heavy (non-hydrogen) atoms. The maximum absolute atomic E-state index is 11.3. The van der Waals surface area contributed by atoms with E-state index in [0.717, 1.165) is 5.69 Å². The smallest absolute Gasteiger partial charge is 0.307 e. The first-order valence-corrected chi connectivity index (χ1v) is 7.18. The fraction of sp³-hybridized carbons (Fsp3) is 0.429.